The Morgan fingerprint density at radius 3 is 2.21 bits per heavy atom. The number of hydrogen-bond donors (Lipinski definition) is 0. The smallest absolute Gasteiger partial charge is 0.00230 e. The first kappa shape index (κ1) is 16.5. The maximum atomic E-state index is 2.30. The van der Waals surface area contributed by atoms with E-state index in [1.54, 1.807) is 0 Å². The van der Waals surface area contributed by atoms with E-state index in [-0.39, 0.29) is 0 Å². The summed E-state index contributed by atoms with van der Waals surface area (Å²) < 4.78 is 0. The number of rotatable bonds is 4. The number of hydrogen-bond acceptors (Lipinski definition) is 0. The highest BCUT2D eigenvalue weighted by Crippen LogP contribution is 2.29. The van der Waals surface area contributed by atoms with E-state index in [1.807, 2.05) is 0 Å². The van der Waals surface area contributed by atoms with Crippen molar-refractivity contribution in [1.29, 1.82) is 0 Å². The summed E-state index contributed by atoms with van der Waals surface area (Å²) in [6.45, 7) is 8.87. The third-order valence-electron chi connectivity index (χ3n) is 4.75. The van der Waals surface area contributed by atoms with E-state index in [4.69, 9.17) is 0 Å². The van der Waals surface area contributed by atoms with Crippen LogP contribution in [-0.4, -0.2) is 0 Å². The van der Waals surface area contributed by atoms with E-state index in [0.29, 0.717) is 5.92 Å². The minimum atomic E-state index is 0.538. The fourth-order valence-electron chi connectivity index (χ4n) is 3.28. The molecule has 0 aliphatic carbocycles. The Balaban J connectivity index is 1.88. The van der Waals surface area contributed by atoms with Crippen molar-refractivity contribution in [3.05, 3.63) is 94.5 Å². The van der Waals surface area contributed by atoms with Gasteiger partial charge < -0.3 is 0 Å². The molecule has 0 heterocycles. The first-order chi connectivity index (χ1) is 11.5. The summed E-state index contributed by atoms with van der Waals surface area (Å²) in [6.07, 6.45) is 1.000. The van der Waals surface area contributed by atoms with Gasteiger partial charge in [-0.3, -0.25) is 0 Å². The second-order valence-corrected chi connectivity index (χ2v) is 7.05. The lowest BCUT2D eigenvalue weighted by atomic mass is 9.91. The van der Waals surface area contributed by atoms with Crippen molar-refractivity contribution in [2.75, 3.05) is 0 Å². The highest BCUT2D eigenvalue weighted by Gasteiger charge is 2.08. The average molecular weight is 314 g/mol. The van der Waals surface area contributed by atoms with Gasteiger partial charge in [-0.25, -0.2) is 0 Å². The molecule has 3 aromatic rings. The largest absolute Gasteiger partial charge is 0.0619 e. The fraction of sp³-hybridized carbons (Fsp3) is 0.250. The Bertz CT molecular complexity index is 823. The lowest BCUT2D eigenvalue weighted by molar-refractivity contribution is 0.869. The normalized spacial score (nSPS) is 11.0. The highest BCUT2D eigenvalue weighted by molar-refractivity contribution is 5.68. The summed E-state index contributed by atoms with van der Waals surface area (Å²) in [5.41, 5.74) is 9.57. The van der Waals surface area contributed by atoms with E-state index in [9.17, 15) is 0 Å². The van der Waals surface area contributed by atoms with Crippen LogP contribution in [0.1, 0.15) is 47.6 Å². The van der Waals surface area contributed by atoms with Gasteiger partial charge in [0.05, 0.1) is 0 Å². The molecule has 0 radical (unpaired) electrons. The van der Waals surface area contributed by atoms with Crippen molar-refractivity contribution in [3.8, 4) is 11.1 Å². The molecule has 3 aromatic carbocycles. The van der Waals surface area contributed by atoms with Crippen LogP contribution in [0.4, 0.5) is 0 Å². The van der Waals surface area contributed by atoms with Crippen LogP contribution >= 0.6 is 0 Å². The fourth-order valence-corrected chi connectivity index (χ4v) is 3.28. The minimum Gasteiger partial charge on any atom is -0.0619 e. The summed E-state index contributed by atoms with van der Waals surface area (Å²) in [4.78, 5) is 0. The molecule has 0 saturated heterocycles. The zero-order valence-corrected chi connectivity index (χ0v) is 15.1. The molecule has 0 aromatic heterocycles. The average Bonchev–Trinajstić information content (AvgIpc) is 2.59. The second-order valence-electron chi connectivity index (χ2n) is 7.05. The maximum Gasteiger partial charge on any atom is -0.00230 e. The van der Waals surface area contributed by atoms with Crippen LogP contribution in [0.15, 0.2) is 66.7 Å². The van der Waals surface area contributed by atoms with Crippen molar-refractivity contribution >= 4 is 0 Å². The van der Waals surface area contributed by atoms with Gasteiger partial charge in [-0.1, -0.05) is 86.1 Å². The van der Waals surface area contributed by atoms with Gasteiger partial charge in [0.1, 0.15) is 0 Å². The van der Waals surface area contributed by atoms with Gasteiger partial charge in [0, 0.05) is 0 Å². The zero-order chi connectivity index (χ0) is 17.1. The molecule has 0 atom stereocenters. The van der Waals surface area contributed by atoms with Gasteiger partial charge in [-0.2, -0.15) is 0 Å². The summed E-state index contributed by atoms with van der Waals surface area (Å²) in [5.74, 6) is 0.538. The van der Waals surface area contributed by atoms with E-state index >= 15 is 0 Å². The Hall–Kier alpha value is -2.34. The van der Waals surface area contributed by atoms with Crippen molar-refractivity contribution in [2.24, 2.45) is 0 Å². The van der Waals surface area contributed by atoms with E-state index in [2.05, 4.69) is 94.4 Å². The maximum absolute atomic E-state index is 2.30. The first-order valence-corrected chi connectivity index (χ1v) is 8.79. The van der Waals surface area contributed by atoms with Crippen LogP contribution in [-0.2, 0) is 6.42 Å². The van der Waals surface area contributed by atoms with Gasteiger partial charge in [-0.05, 0) is 59.6 Å². The Kier molecular flexibility index (Phi) is 4.85. The van der Waals surface area contributed by atoms with Crippen molar-refractivity contribution < 1.29 is 0 Å². The lowest BCUT2D eigenvalue weighted by Crippen LogP contribution is -1.94. The molecule has 0 spiro atoms. The summed E-state index contributed by atoms with van der Waals surface area (Å²) in [6, 6.07) is 24.5. The molecule has 0 bridgehead atoms. The molecule has 0 fully saturated rings. The van der Waals surface area contributed by atoms with Gasteiger partial charge in [0.25, 0.3) is 0 Å². The third-order valence-corrected chi connectivity index (χ3v) is 4.75. The number of benzene rings is 3. The minimum absolute atomic E-state index is 0.538. The summed E-state index contributed by atoms with van der Waals surface area (Å²) in [7, 11) is 0. The van der Waals surface area contributed by atoms with Gasteiger partial charge in [0.2, 0.25) is 0 Å². The standard InChI is InChI=1S/C24H26/c1-17(2)23-7-5-6-8-24(23)21-13-11-20(12-14-21)16-22-15-18(3)9-10-19(22)4/h5-15,17H,16H2,1-4H3. The van der Waals surface area contributed by atoms with Gasteiger partial charge in [-0.15, -0.1) is 0 Å². The molecule has 0 N–H and O–H groups in total. The van der Waals surface area contributed by atoms with Gasteiger partial charge >= 0.3 is 0 Å². The molecule has 0 unspecified atom stereocenters. The van der Waals surface area contributed by atoms with E-state index in [1.165, 1.54) is 38.9 Å². The van der Waals surface area contributed by atoms with Crippen LogP contribution in [0.25, 0.3) is 11.1 Å². The SMILES string of the molecule is Cc1ccc(C)c(Cc2ccc(-c3ccccc3C(C)C)cc2)c1. The van der Waals surface area contributed by atoms with Crippen molar-refractivity contribution in [1.82, 2.24) is 0 Å². The van der Waals surface area contributed by atoms with E-state index in [0.717, 1.165) is 6.42 Å². The monoisotopic (exact) mass is 314 g/mol. The predicted molar refractivity (Wildman–Crippen MR) is 105 cm³/mol. The first-order valence-electron chi connectivity index (χ1n) is 8.79. The predicted octanol–water partition coefficient (Wildman–Crippen LogP) is 6.68. The molecule has 0 aliphatic heterocycles. The molecule has 0 saturated carbocycles. The Morgan fingerprint density at radius 1 is 0.792 bits per heavy atom. The summed E-state index contributed by atoms with van der Waals surface area (Å²) >= 11 is 0. The quantitative estimate of drug-likeness (QED) is 0.503. The van der Waals surface area contributed by atoms with Crippen LogP contribution < -0.4 is 0 Å². The molecule has 3 rings (SSSR count). The Labute approximate surface area is 146 Å². The lowest BCUT2D eigenvalue weighted by Gasteiger charge is -2.13. The van der Waals surface area contributed by atoms with Crippen LogP contribution in [0.3, 0.4) is 0 Å². The van der Waals surface area contributed by atoms with Crippen molar-refractivity contribution in [3.63, 3.8) is 0 Å². The van der Waals surface area contributed by atoms with Crippen LogP contribution in [0.2, 0.25) is 0 Å². The van der Waals surface area contributed by atoms with Crippen molar-refractivity contribution in [2.45, 2.75) is 40.0 Å². The highest BCUT2D eigenvalue weighted by atomic mass is 14.1. The topological polar surface area (TPSA) is 0 Å². The molecule has 0 nitrogen and oxygen atoms in total. The van der Waals surface area contributed by atoms with Crippen LogP contribution in [0, 0.1) is 13.8 Å². The van der Waals surface area contributed by atoms with Crippen LogP contribution in [0.5, 0.6) is 0 Å². The third kappa shape index (κ3) is 3.59. The molecule has 122 valence electrons. The second kappa shape index (κ2) is 7.05. The summed E-state index contributed by atoms with van der Waals surface area (Å²) in [5, 5.41) is 0. The van der Waals surface area contributed by atoms with Gasteiger partial charge in [0.15, 0.2) is 0 Å². The molecular weight excluding hydrogens is 288 g/mol. The molecule has 0 aliphatic rings. The molecule has 0 heteroatoms. The molecular formula is C24H26. The van der Waals surface area contributed by atoms with E-state index < -0.39 is 0 Å². The Morgan fingerprint density at radius 2 is 1.50 bits per heavy atom. The zero-order valence-electron chi connectivity index (χ0n) is 15.1. The molecule has 24 heavy (non-hydrogen) atoms. The number of aryl methyl sites for hydroxylation is 2. The molecule has 0 amide bonds.